The lowest BCUT2D eigenvalue weighted by molar-refractivity contribution is -0.133. The fourth-order valence-electron chi connectivity index (χ4n) is 2.91. The second kappa shape index (κ2) is 6.03. The molecule has 0 spiro atoms. The number of amides is 1. The van der Waals surface area contributed by atoms with Crippen LogP contribution >= 0.6 is 0 Å². The van der Waals surface area contributed by atoms with Crippen molar-refractivity contribution in [3.63, 3.8) is 0 Å². The molecule has 4 heteroatoms. The maximum Gasteiger partial charge on any atom is 0.332 e. The summed E-state index contributed by atoms with van der Waals surface area (Å²) in [6.07, 6.45) is 8.57. The lowest BCUT2D eigenvalue weighted by Crippen LogP contribution is -2.38. The van der Waals surface area contributed by atoms with Gasteiger partial charge in [-0.05, 0) is 38.5 Å². The first-order valence-electron chi connectivity index (χ1n) is 6.94. The SMILES string of the molecule is O=C(O)C1=C(C(=O)NC2CCCCC2)CCCC1. The molecule has 18 heavy (non-hydrogen) atoms. The molecule has 0 unspecified atom stereocenters. The van der Waals surface area contributed by atoms with E-state index in [0.29, 0.717) is 24.0 Å². The van der Waals surface area contributed by atoms with Crippen LogP contribution in [0.25, 0.3) is 0 Å². The van der Waals surface area contributed by atoms with Crippen molar-refractivity contribution in [2.75, 3.05) is 0 Å². The third-order valence-corrected chi connectivity index (χ3v) is 3.94. The van der Waals surface area contributed by atoms with E-state index in [1.165, 1.54) is 6.42 Å². The van der Waals surface area contributed by atoms with Gasteiger partial charge in [-0.3, -0.25) is 4.79 Å². The van der Waals surface area contributed by atoms with Gasteiger partial charge < -0.3 is 10.4 Å². The van der Waals surface area contributed by atoms with E-state index in [2.05, 4.69) is 5.32 Å². The number of carboxylic acid groups (broad SMARTS) is 1. The van der Waals surface area contributed by atoms with Crippen LogP contribution in [0.4, 0.5) is 0 Å². The van der Waals surface area contributed by atoms with Crippen LogP contribution in [-0.4, -0.2) is 23.0 Å². The average molecular weight is 251 g/mol. The van der Waals surface area contributed by atoms with Crippen LogP contribution in [0.5, 0.6) is 0 Å². The van der Waals surface area contributed by atoms with Gasteiger partial charge in [-0.2, -0.15) is 0 Å². The summed E-state index contributed by atoms with van der Waals surface area (Å²) in [5, 5.41) is 12.1. The second-order valence-electron chi connectivity index (χ2n) is 5.28. The largest absolute Gasteiger partial charge is 0.478 e. The Balaban J connectivity index is 2.03. The van der Waals surface area contributed by atoms with E-state index in [-0.39, 0.29) is 11.9 Å². The Morgan fingerprint density at radius 1 is 0.944 bits per heavy atom. The molecule has 0 aliphatic heterocycles. The number of carbonyl (C=O) groups excluding carboxylic acids is 1. The van der Waals surface area contributed by atoms with Crippen molar-refractivity contribution in [2.45, 2.75) is 63.8 Å². The van der Waals surface area contributed by atoms with Crippen molar-refractivity contribution in [2.24, 2.45) is 0 Å². The molecule has 1 amide bonds. The predicted molar refractivity (Wildman–Crippen MR) is 68.1 cm³/mol. The van der Waals surface area contributed by atoms with Crippen molar-refractivity contribution in [1.82, 2.24) is 5.32 Å². The molecule has 0 saturated heterocycles. The van der Waals surface area contributed by atoms with Crippen LogP contribution in [0.3, 0.4) is 0 Å². The third-order valence-electron chi connectivity index (χ3n) is 3.94. The maximum absolute atomic E-state index is 12.1. The van der Waals surface area contributed by atoms with Gasteiger partial charge in [-0.25, -0.2) is 4.79 Å². The molecular formula is C14H21NO3. The van der Waals surface area contributed by atoms with Crippen molar-refractivity contribution in [3.8, 4) is 0 Å². The van der Waals surface area contributed by atoms with Crippen LogP contribution in [0, 0.1) is 0 Å². The van der Waals surface area contributed by atoms with Gasteiger partial charge in [0, 0.05) is 17.2 Å². The minimum absolute atomic E-state index is 0.140. The highest BCUT2D eigenvalue weighted by atomic mass is 16.4. The molecule has 2 N–H and O–H groups in total. The molecule has 0 aromatic carbocycles. The molecular weight excluding hydrogens is 230 g/mol. The molecule has 1 saturated carbocycles. The van der Waals surface area contributed by atoms with E-state index in [4.69, 9.17) is 5.11 Å². The summed E-state index contributed by atoms with van der Waals surface area (Å²) in [7, 11) is 0. The molecule has 0 atom stereocenters. The Morgan fingerprint density at radius 3 is 2.17 bits per heavy atom. The van der Waals surface area contributed by atoms with Gasteiger partial charge in [0.05, 0.1) is 0 Å². The Bertz CT molecular complexity index is 367. The molecule has 2 aliphatic carbocycles. The van der Waals surface area contributed by atoms with Gasteiger partial charge in [-0.1, -0.05) is 19.3 Å². The zero-order valence-electron chi connectivity index (χ0n) is 10.7. The minimum Gasteiger partial charge on any atom is -0.478 e. The first-order valence-corrected chi connectivity index (χ1v) is 6.94. The zero-order valence-corrected chi connectivity index (χ0v) is 10.7. The smallest absolute Gasteiger partial charge is 0.332 e. The quantitative estimate of drug-likeness (QED) is 0.809. The number of nitrogens with one attached hydrogen (secondary N) is 1. The number of rotatable bonds is 3. The molecule has 0 heterocycles. The molecule has 0 bridgehead atoms. The summed E-state index contributed by atoms with van der Waals surface area (Å²) in [6.45, 7) is 0. The summed E-state index contributed by atoms with van der Waals surface area (Å²) in [5.41, 5.74) is 0.842. The Kier molecular flexibility index (Phi) is 4.39. The van der Waals surface area contributed by atoms with Crippen molar-refractivity contribution in [3.05, 3.63) is 11.1 Å². The second-order valence-corrected chi connectivity index (χ2v) is 5.28. The average Bonchev–Trinajstić information content (AvgIpc) is 2.40. The Morgan fingerprint density at radius 2 is 1.56 bits per heavy atom. The molecule has 2 aliphatic rings. The van der Waals surface area contributed by atoms with Gasteiger partial charge in [0.1, 0.15) is 0 Å². The highest BCUT2D eigenvalue weighted by Crippen LogP contribution is 2.26. The van der Waals surface area contributed by atoms with E-state index >= 15 is 0 Å². The highest BCUT2D eigenvalue weighted by molar-refractivity contribution is 6.02. The van der Waals surface area contributed by atoms with Crippen molar-refractivity contribution >= 4 is 11.9 Å². The van der Waals surface area contributed by atoms with Gasteiger partial charge in [0.15, 0.2) is 0 Å². The fourth-order valence-corrected chi connectivity index (χ4v) is 2.91. The standard InChI is InChI=1S/C14H21NO3/c16-13(15-10-6-2-1-3-7-10)11-8-4-5-9-12(11)14(17)18/h10H,1-9H2,(H,15,16)(H,17,18). The van der Waals surface area contributed by atoms with Gasteiger partial charge in [-0.15, -0.1) is 0 Å². The lowest BCUT2D eigenvalue weighted by atomic mass is 9.90. The first kappa shape index (κ1) is 13.1. The van der Waals surface area contributed by atoms with Crippen LogP contribution in [-0.2, 0) is 9.59 Å². The number of hydrogen-bond acceptors (Lipinski definition) is 2. The number of carboxylic acids is 1. The zero-order chi connectivity index (χ0) is 13.0. The number of aliphatic carboxylic acids is 1. The first-order chi connectivity index (χ1) is 8.68. The molecule has 0 aromatic rings. The molecule has 0 radical (unpaired) electrons. The Labute approximate surface area is 107 Å². The van der Waals surface area contributed by atoms with Crippen molar-refractivity contribution in [1.29, 1.82) is 0 Å². The summed E-state index contributed by atoms with van der Waals surface area (Å²) in [5.74, 6) is -1.07. The summed E-state index contributed by atoms with van der Waals surface area (Å²) in [4.78, 5) is 23.3. The molecule has 0 aromatic heterocycles. The highest BCUT2D eigenvalue weighted by Gasteiger charge is 2.25. The summed E-state index contributed by atoms with van der Waals surface area (Å²) in [6, 6.07) is 0.246. The fraction of sp³-hybridized carbons (Fsp3) is 0.714. The van der Waals surface area contributed by atoms with Gasteiger partial charge in [0.2, 0.25) is 5.91 Å². The van der Waals surface area contributed by atoms with E-state index in [9.17, 15) is 9.59 Å². The summed E-state index contributed by atoms with van der Waals surface area (Å²) >= 11 is 0. The van der Waals surface area contributed by atoms with E-state index in [1.54, 1.807) is 0 Å². The van der Waals surface area contributed by atoms with Crippen molar-refractivity contribution < 1.29 is 14.7 Å². The number of hydrogen-bond donors (Lipinski definition) is 2. The van der Waals surface area contributed by atoms with E-state index in [1.807, 2.05) is 0 Å². The van der Waals surface area contributed by atoms with Crippen LogP contribution in [0.15, 0.2) is 11.1 Å². The molecule has 2 rings (SSSR count). The minimum atomic E-state index is -0.927. The Hall–Kier alpha value is -1.32. The van der Waals surface area contributed by atoms with Crippen LogP contribution in [0.1, 0.15) is 57.8 Å². The van der Waals surface area contributed by atoms with Gasteiger partial charge >= 0.3 is 5.97 Å². The normalized spacial score (nSPS) is 21.8. The molecule has 4 nitrogen and oxygen atoms in total. The topological polar surface area (TPSA) is 66.4 Å². The summed E-state index contributed by atoms with van der Waals surface area (Å²) < 4.78 is 0. The van der Waals surface area contributed by atoms with E-state index < -0.39 is 5.97 Å². The van der Waals surface area contributed by atoms with Gasteiger partial charge in [0.25, 0.3) is 0 Å². The third kappa shape index (κ3) is 3.12. The monoisotopic (exact) mass is 251 g/mol. The maximum atomic E-state index is 12.1. The predicted octanol–water partition coefficient (Wildman–Crippen LogP) is 2.39. The van der Waals surface area contributed by atoms with E-state index in [0.717, 1.165) is 38.5 Å². The van der Waals surface area contributed by atoms with Crippen LogP contribution in [0.2, 0.25) is 0 Å². The number of carbonyl (C=O) groups is 2. The molecule has 100 valence electrons. The van der Waals surface area contributed by atoms with Crippen LogP contribution < -0.4 is 5.32 Å². The molecule has 1 fully saturated rings. The lowest BCUT2D eigenvalue weighted by Gasteiger charge is -2.25.